The average molecular weight is 1070 g/mol. The summed E-state index contributed by atoms with van der Waals surface area (Å²) in [5.74, 6) is -4.82. The van der Waals surface area contributed by atoms with Gasteiger partial charge >= 0.3 is 11.9 Å². The Morgan fingerprint density at radius 3 is 2.11 bits per heavy atom. The number of nitrogens with zero attached hydrogens (tertiary/aromatic N) is 1. The van der Waals surface area contributed by atoms with Gasteiger partial charge in [0.15, 0.2) is 36.9 Å². The van der Waals surface area contributed by atoms with Crippen LogP contribution >= 0.6 is 0 Å². The summed E-state index contributed by atoms with van der Waals surface area (Å²) in [6.45, 7) is 13.3. The molecule has 424 valence electrons. The van der Waals surface area contributed by atoms with Gasteiger partial charge in [-0.1, -0.05) is 50.6 Å². The molecule has 0 amide bonds. The molecule has 0 radical (unpaired) electrons. The van der Waals surface area contributed by atoms with Gasteiger partial charge in [0, 0.05) is 44.3 Å². The Kier molecular flexibility index (Phi) is 22.9. The Hall–Kier alpha value is -3.78. The van der Waals surface area contributed by atoms with Gasteiger partial charge in [-0.15, -0.1) is 0 Å². The third kappa shape index (κ3) is 15.5. The number of carbonyl (C=O) groups excluding carboxylic acids is 4. The van der Waals surface area contributed by atoms with Gasteiger partial charge in [-0.05, 0) is 85.3 Å². The molecule has 5 N–H and O–H groups in total. The minimum absolute atomic E-state index is 0.0251. The highest BCUT2D eigenvalue weighted by molar-refractivity contribution is 5.92. The highest BCUT2D eigenvalue weighted by Gasteiger charge is 2.53. The minimum Gasteiger partial charge on any atom is -0.497 e. The van der Waals surface area contributed by atoms with Crippen molar-refractivity contribution in [2.45, 2.75) is 191 Å². The van der Waals surface area contributed by atoms with Crippen LogP contribution in [0, 0.1) is 23.7 Å². The second-order valence-electron chi connectivity index (χ2n) is 21.0. The summed E-state index contributed by atoms with van der Waals surface area (Å²) in [6.07, 6.45) is -12.0. The summed E-state index contributed by atoms with van der Waals surface area (Å²) in [4.78, 5) is 55.5. The standard InChI is InChI=1S/C54H83NO20/c1-14-39-35(26-68-53-49(67-13)48(66-12)43(60)30(5)70-53)21-27(2)15-20-37(57)28(3)22-34(25-56)46(29(4)38(58)23-40(59)72-39)74-52-45(62)42(55(9)10)47(31(6)71-52)73-41-24-54(8,64)50(32(7)69-41)75-51(63)44(61)33-16-18-36(65-11)19-17-33/h15-21,25,28-32,34-35,38-39,41-50,52-53,58,60-62,64H,14,22-24,26H2,1-13H3/b20-15+,27-21+/t28-,29+,30-,31-,32+,34-,35?,38-,39-,41+,42-,43-,44?,45-,46-,47-,48-,49-,50+,52+,53-,54-/m1/s1. The fraction of sp³-hybridized carbons (Fsp3) is 0.741. The van der Waals surface area contributed by atoms with E-state index in [0.29, 0.717) is 24.0 Å². The van der Waals surface area contributed by atoms with E-state index < -0.39 is 152 Å². The highest BCUT2D eigenvalue weighted by atomic mass is 16.7. The van der Waals surface area contributed by atoms with Crippen molar-refractivity contribution < 1.29 is 96.8 Å². The number of hydrogen-bond acceptors (Lipinski definition) is 21. The van der Waals surface area contributed by atoms with Crippen LogP contribution in [0.3, 0.4) is 0 Å². The fourth-order valence-corrected chi connectivity index (χ4v) is 10.5. The van der Waals surface area contributed by atoms with Crippen molar-refractivity contribution in [3.63, 3.8) is 0 Å². The largest absolute Gasteiger partial charge is 0.497 e. The van der Waals surface area contributed by atoms with Gasteiger partial charge in [0.25, 0.3) is 0 Å². The number of ketones is 1. The van der Waals surface area contributed by atoms with Gasteiger partial charge in [-0.3, -0.25) is 9.59 Å². The van der Waals surface area contributed by atoms with Crippen molar-refractivity contribution in [2.24, 2.45) is 23.7 Å². The molecule has 0 bridgehead atoms. The van der Waals surface area contributed by atoms with Crippen LogP contribution in [-0.4, -0.2) is 200 Å². The summed E-state index contributed by atoms with van der Waals surface area (Å²) in [6, 6.07) is 5.36. The Balaban J connectivity index is 1.32. The molecular formula is C54H83NO20. The van der Waals surface area contributed by atoms with Crippen molar-refractivity contribution in [3.05, 3.63) is 53.6 Å². The second-order valence-corrected chi connectivity index (χ2v) is 21.0. The zero-order chi connectivity index (χ0) is 55.6. The molecule has 4 aliphatic rings. The molecule has 0 aliphatic carbocycles. The summed E-state index contributed by atoms with van der Waals surface area (Å²) < 4.78 is 65.8. The van der Waals surface area contributed by atoms with E-state index in [9.17, 15) is 44.7 Å². The Morgan fingerprint density at radius 2 is 1.52 bits per heavy atom. The lowest BCUT2D eigenvalue weighted by molar-refractivity contribution is -0.341. The van der Waals surface area contributed by atoms with Crippen molar-refractivity contribution in [1.82, 2.24) is 4.90 Å². The molecule has 1 aromatic rings. The Morgan fingerprint density at radius 1 is 0.867 bits per heavy atom. The lowest BCUT2D eigenvalue weighted by Crippen LogP contribution is -2.65. The highest BCUT2D eigenvalue weighted by Crippen LogP contribution is 2.38. The van der Waals surface area contributed by atoms with Crippen LogP contribution in [0.4, 0.5) is 0 Å². The van der Waals surface area contributed by atoms with Crippen molar-refractivity contribution in [1.29, 1.82) is 0 Å². The summed E-state index contributed by atoms with van der Waals surface area (Å²) in [7, 11) is 7.82. The third-order valence-electron chi connectivity index (χ3n) is 15.0. The van der Waals surface area contributed by atoms with E-state index in [1.54, 1.807) is 78.7 Å². The molecule has 22 atom stereocenters. The van der Waals surface area contributed by atoms with Crippen LogP contribution in [-0.2, 0) is 66.5 Å². The molecule has 21 heteroatoms. The van der Waals surface area contributed by atoms with Crippen molar-refractivity contribution in [3.8, 4) is 5.75 Å². The molecule has 3 saturated heterocycles. The summed E-state index contributed by atoms with van der Waals surface area (Å²) >= 11 is 0. The zero-order valence-electron chi connectivity index (χ0n) is 45.6. The third-order valence-corrected chi connectivity index (χ3v) is 15.0. The van der Waals surface area contributed by atoms with E-state index in [0.717, 1.165) is 0 Å². The maximum Gasteiger partial charge on any atom is 0.340 e. The number of methoxy groups -OCH3 is 3. The number of rotatable bonds is 16. The van der Waals surface area contributed by atoms with Crippen LogP contribution in [0.25, 0.3) is 0 Å². The maximum absolute atomic E-state index is 13.8. The number of benzene rings is 1. The first-order chi connectivity index (χ1) is 35.4. The van der Waals surface area contributed by atoms with E-state index in [2.05, 4.69) is 0 Å². The predicted molar refractivity (Wildman–Crippen MR) is 268 cm³/mol. The molecule has 4 aliphatic heterocycles. The number of aliphatic hydroxyl groups excluding tert-OH is 4. The molecule has 0 saturated carbocycles. The molecule has 2 unspecified atom stereocenters. The number of hydrogen-bond donors (Lipinski definition) is 5. The van der Waals surface area contributed by atoms with E-state index in [1.165, 1.54) is 46.5 Å². The normalized spacial score (nSPS) is 41.2. The summed E-state index contributed by atoms with van der Waals surface area (Å²) in [5, 5.41) is 57.1. The molecule has 75 heavy (non-hydrogen) atoms. The van der Waals surface area contributed by atoms with Crippen LogP contribution < -0.4 is 4.74 Å². The lowest BCUT2D eigenvalue weighted by Gasteiger charge is -2.50. The van der Waals surface area contributed by atoms with E-state index in [4.69, 9.17) is 52.1 Å². The lowest BCUT2D eigenvalue weighted by atomic mass is 9.81. The van der Waals surface area contributed by atoms with Gasteiger partial charge < -0.3 is 87.3 Å². The number of cyclic esters (lactones) is 1. The van der Waals surface area contributed by atoms with E-state index >= 15 is 0 Å². The fourth-order valence-electron chi connectivity index (χ4n) is 10.5. The zero-order valence-corrected chi connectivity index (χ0v) is 45.6. The molecule has 0 aromatic heterocycles. The van der Waals surface area contributed by atoms with Crippen LogP contribution in [0.2, 0.25) is 0 Å². The Labute approximate surface area is 440 Å². The average Bonchev–Trinajstić information content (AvgIpc) is 3.36. The first-order valence-corrected chi connectivity index (χ1v) is 25.8. The number of aldehydes is 1. The van der Waals surface area contributed by atoms with Crippen molar-refractivity contribution in [2.75, 3.05) is 42.0 Å². The van der Waals surface area contributed by atoms with Crippen LogP contribution in [0.1, 0.15) is 92.7 Å². The van der Waals surface area contributed by atoms with Crippen LogP contribution in [0.15, 0.2) is 48.1 Å². The Bertz CT molecular complexity index is 2070. The van der Waals surface area contributed by atoms with Crippen LogP contribution in [0.5, 0.6) is 5.75 Å². The number of likely N-dealkylation sites (N-methyl/N-ethyl adjacent to an activating group) is 1. The predicted octanol–water partition coefficient (Wildman–Crippen LogP) is 2.74. The molecular weight excluding hydrogens is 983 g/mol. The molecule has 4 heterocycles. The molecule has 0 spiro atoms. The number of carbonyl (C=O) groups is 4. The molecule has 1 aromatic carbocycles. The summed E-state index contributed by atoms with van der Waals surface area (Å²) in [5.41, 5.74) is -0.796. The monoisotopic (exact) mass is 1070 g/mol. The van der Waals surface area contributed by atoms with E-state index in [-0.39, 0.29) is 30.8 Å². The first kappa shape index (κ1) is 62.1. The smallest absolute Gasteiger partial charge is 0.340 e. The van der Waals surface area contributed by atoms with Gasteiger partial charge in [-0.25, -0.2) is 4.79 Å². The first-order valence-electron chi connectivity index (χ1n) is 25.8. The van der Waals surface area contributed by atoms with Crippen molar-refractivity contribution >= 4 is 24.0 Å². The maximum atomic E-state index is 13.8. The number of ether oxygens (including phenoxy) is 11. The molecule has 5 rings (SSSR count). The topological polar surface area (TPSA) is 274 Å². The molecule has 3 fully saturated rings. The molecule has 21 nitrogen and oxygen atoms in total. The SMILES string of the molecule is CC[C@H]1OC(=O)C[C@@H](O)[C@H](C)[C@@H](O[C@@H]2O[C@H](C)[C@@H](O[C@H]3C[C@@](C)(O)[C@@H](OC(=O)C(O)c4ccc(OC)cc4)[C@H](C)O3)[C@H](N(C)C)[C@H]2O)[C@@H](C=O)C[C@@H](C)C(=O)/C=C/C(C)=C/C1CO[C@@H]1O[C@H](C)[C@@H](O)[C@@H](OC)[C@H]1OC. The number of aliphatic hydroxyl groups is 5. The van der Waals surface area contributed by atoms with E-state index in [1.807, 2.05) is 13.0 Å². The quantitative estimate of drug-likeness (QED) is 0.118. The van der Waals surface area contributed by atoms with Gasteiger partial charge in [-0.2, -0.15) is 0 Å². The minimum atomic E-state index is -1.71. The van der Waals surface area contributed by atoms with Gasteiger partial charge in [0.2, 0.25) is 0 Å². The number of allylic oxidation sites excluding steroid dienone is 3. The van der Waals surface area contributed by atoms with Gasteiger partial charge in [0.05, 0.1) is 56.7 Å². The number of esters is 2. The van der Waals surface area contributed by atoms with Gasteiger partial charge in [0.1, 0.15) is 54.3 Å². The second kappa shape index (κ2) is 27.7.